The van der Waals surface area contributed by atoms with Gasteiger partial charge < -0.3 is 15.3 Å². The zero-order chi connectivity index (χ0) is 23.7. The molecule has 0 bridgehead atoms. The third-order valence-electron chi connectivity index (χ3n) is 7.95. The quantitative estimate of drug-likeness (QED) is 0.619. The maximum absolute atomic E-state index is 9.61. The van der Waals surface area contributed by atoms with Crippen molar-refractivity contribution in [2.45, 2.75) is 64.8 Å². The van der Waals surface area contributed by atoms with E-state index in [-0.39, 0.29) is 5.41 Å². The number of aliphatic hydroxyl groups is 1. The summed E-state index contributed by atoms with van der Waals surface area (Å²) in [6, 6.07) is 8.45. The van der Waals surface area contributed by atoms with Gasteiger partial charge in [0.1, 0.15) is 5.82 Å². The number of anilines is 3. The molecule has 2 aromatic rings. The predicted octanol–water partition coefficient (Wildman–Crippen LogP) is 5.06. The number of rotatable bonds is 5. The summed E-state index contributed by atoms with van der Waals surface area (Å²) in [4.78, 5) is 15.2. The molecule has 2 saturated heterocycles. The van der Waals surface area contributed by atoms with E-state index in [0.717, 1.165) is 80.6 Å². The van der Waals surface area contributed by atoms with Gasteiger partial charge in [0.25, 0.3) is 0 Å². The lowest BCUT2D eigenvalue weighted by atomic mass is 9.76. The number of aryl methyl sites for hydroxylation is 1. The molecule has 2 N–H and O–H groups in total. The summed E-state index contributed by atoms with van der Waals surface area (Å²) in [6.45, 7) is 9.16. The highest BCUT2D eigenvalue weighted by atomic mass is 35.5. The van der Waals surface area contributed by atoms with Crippen molar-refractivity contribution in [3.05, 3.63) is 40.5 Å². The summed E-state index contributed by atoms with van der Waals surface area (Å²) in [6.07, 6.45) is 7.77. The molecule has 184 valence electrons. The lowest BCUT2D eigenvalue weighted by Crippen LogP contribution is -2.49. The third kappa shape index (κ3) is 5.34. The van der Waals surface area contributed by atoms with Crippen LogP contribution >= 0.6 is 11.6 Å². The number of piperidine rings is 2. The standard InChI is InChI=1S/C27H38ClN5O/c1-27(2)12-9-24-23(16-27)25(29-21-7-5-20(28)6-8-21)31-26(30-24)32-14-10-22(11-15-32)33-13-3-4-19(17-33)18-34/h5-8,19,22,34H,3-4,9-18H2,1-2H3,(H,29,30,31). The fraction of sp³-hybridized carbons (Fsp3) is 0.630. The van der Waals surface area contributed by atoms with Crippen LogP contribution in [0.3, 0.4) is 0 Å². The van der Waals surface area contributed by atoms with E-state index in [9.17, 15) is 5.11 Å². The molecular weight excluding hydrogens is 446 g/mol. The highest BCUT2D eigenvalue weighted by Gasteiger charge is 2.32. The van der Waals surface area contributed by atoms with Crippen LogP contribution in [0.15, 0.2) is 24.3 Å². The molecule has 5 rings (SSSR count). The van der Waals surface area contributed by atoms with Gasteiger partial charge in [0.15, 0.2) is 0 Å². The fourth-order valence-corrected chi connectivity index (χ4v) is 5.98. The second kappa shape index (κ2) is 10.00. The first-order chi connectivity index (χ1) is 16.4. The van der Waals surface area contributed by atoms with Crippen LogP contribution in [-0.4, -0.2) is 58.8 Å². The number of likely N-dealkylation sites (tertiary alicyclic amines) is 1. The predicted molar refractivity (Wildman–Crippen MR) is 139 cm³/mol. The van der Waals surface area contributed by atoms with Crippen LogP contribution in [0.1, 0.15) is 57.2 Å². The molecule has 7 heteroatoms. The van der Waals surface area contributed by atoms with Crippen LogP contribution in [0.2, 0.25) is 5.02 Å². The molecule has 34 heavy (non-hydrogen) atoms. The zero-order valence-electron chi connectivity index (χ0n) is 20.6. The number of hydrogen-bond acceptors (Lipinski definition) is 6. The molecule has 0 saturated carbocycles. The van der Waals surface area contributed by atoms with Crippen molar-refractivity contribution >= 4 is 29.1 Å². The largest absolute Gasteiger partial charge is 0.396 e. The van der Waals surface area contributed by atoms with Gasteiger partial charge in [-0.2, -0.15) is 4.98 Å². The second-order valence-electron chi connectivity index (χ2n) is 11.2. The summed E-state index contributed by atoms with van der Waals surface area (Å²) < 4.78 is 0. The maximum Gasteiger partial charge on any atom is 0.227 e. The first kappa shape index (κ1) is 23.8. The Balaban J connectivity index is 1.34. The van der Waals surface area contributed by atoms with Gasteiger partial charge in [-0.3, -0.25) is 4.90 Å². The van der Waals surface area contributed by atoms with Crippen molar-refractivity contribution in [1.82, 2.24) is 14.9 Å². The molecular formula is C27H38ClN5O. The molecule has 2 aliphatic heterocycles. The molecule has 1 aromatic heterocycles. The topological polar surface area (TPSA) is 64.5 Å². The molecule has 0 spiro atoms. The second-order valence-corrected chi connectivity index (χ2v) is 11.6. The average molecular weight is 484 g/mol. The summed E-state index contributed by atoms with van der Waals surface area (Å²) in [7, 11) is 0. The number of halogens is 1. The number of aromatic nitrogens is 2. The monoisotopic (exact) mass is 483 g/mol. The van der Waals surface area contributed by atoms with Crippen molar-refractivity contribution in [2.24, 2.45) is 11.3 Å². The molecule has 0 amide bonds. The Labute approximate surface area is 208 Å². The van der Waals surface area contributed by atoms with Crippen LogP contribution in [0.4, 0.5) is 17.5 Å². The lowest BCUT2D eigenvalue weighted by molar-refractivity contribution is 0.0776. The highest BCUT2D eigenvalue weighted by Crippen LogP contribution is 2.39. The fourth-order valence-electron chi connectivity index (χ4n) is 5.86. The minimum absolute atomic E-state index is 0.257. The van der Waals surface area contributed by atoms with Crippen LogP contribution in [0.25, 0.3) is 0 Å². The van der Waals surface area contributed by atoms with Crippen molar-refractivity contribution in [3.8, 4) is 0 Å². The summed E-state index contributed by atoms with van der Waals surface area (Å²) in [5.41, 5.74) is 3.72. The van der Waals surface area contributed by atoms with E-state index >= 15 is 0 Å². The van der Waals surface area contributed by atoms with E-state index in [4.69, 9.17) is 21.6 Å². The number of nitrogens with one attached hydrogen (secondary N) is 1. The Morgan fingerprint density at radius 1 is 1.09 bits per heavy atom. The number of fused-ring (bicyclic) bond motifs is 1. The van der Waals surface area contributed by atoms with Gasteiger partial charge in [-0.05, 0) is 87.1 Å². The van der Waals surface area contributed by atoms with Crippen LogP contribution < -0.4 is 10.2 Å². The van der Waals surface area contributed by atoms with E-state index in [1.54, 1.807) is 0 Å². The Bertz CT molecular complexity index is 987. The molecule has 1 aliphatic carbocycles. The third-order valence-corrected chi connectivity index (χ3v) is 8.21. The van der Waals surface area contributed by atoms with Gasteiger partial charge in [-0.15, -0.1) is 0 Å². The van der Waals surface area contributed by atoms with Gasteiger partial charge in [0.05, 0.1) is 5.69 Å². The minimum Gasteiger partial charge on any atom is -0.396 e. The molecule has 1 unspecified atom stereocenters. The number of benzene rings is 1. The van der Waals surface area contributed by atoms with E-state index in [0.29, 0.717) is 18.6 Å². The normalized spacial score (nSPS) is 23.5. The summed E-state index contributed by atoms with van der Waals surface area (Å²) in [5.74, 6) is 2.25. The first-order valence-electron chi connectivity index (χ1n) is 12.9. The van der Waals surface area contributed by atoms with E-state index < -0.39 is 0 Å². The molecule has 6 nitrogen and oxygen atoms in total. The number of nitrogens with zero attached hydrogens (tertiary/aromatic N) is 4. The van der Waals surface area contributed by atoms with E-state index in [1.807, 2.05) is 24.3 Å². The molecule has 2 fully saturated rings. The van der Waals surface area contributed by atoms with Crippen LogP contribution in [0.5, 0.6) is 0 Å². The van der Waals surface area contributed by atoms with Crippen molar-refractivity contribution in [3.63, 3.8) is 0 Å². The van der Waals surface area contributed by atoms with Crippen molar-refractivity contribution in [1.29, 1.82) is 0 Å². The van der Waals surface area contributed by atoms with Crippen LogP contribution in [0, 0.1) is 11.3 Å². The summed E-state index contributed by atoms with van der Waals surface area (Å²) >= 11 is 6.10. The smallest absolute Gasteiger partial charge is 0.227 e. The van der Waals surface area contributed by atoms with Crippen molar-refractivity contribution in [2.75, 3.05) is 43.0 Å². The Kier molecular flexibility index (Phi) is 7.01. The Hall–Kier alpha value is -1.89. The lowest BCUT2D eigenvalue weighted by Gasteiger charge is -2.42. The van der Waals surface area contributed by atoms with Gasteiger partial charge in [0, 0.05) is 48.6 Å². The van der Waals surface area contributed by atoms with Gasteiger partial charge >= 0.3 is 0 Å². The highest BCUT2D eigenvalue weighted by molar-refractivity contribution is 6.30. The zero-order valence-corrected chi connectivity index (χ0v) is 21.3. The Morgan fingerprint density at radius 3 is 2.59 bits per heavy atom. The minimum atomic E-state index is 0.257. The number of aliphatic hydroxyl groups excluding tert-OH is 1. The van der Waals surface area contributed by atoms with E-state index in [2.05, 4.69) is 29.0 Å². The molecule has 3 aliphatic rings. The van der Waals surface area contributed by atoms with Gasteiger partial charge in [-0.1, -0.05) is 25.4 Å². The molecule has 3 heterocycles. The number of hydrogen-bond donors (Lipinski definition) is 2. The average Bonchev–Trinajstić information content (AvgIpc) is 2.85. The van der Waals surface area contributed by atoms with Crippen molar-refractivity contribution < 1.29 is 5.11 Å². The first-order valence-corrected chi connectivity index (χ1v) is 13.3. The Morgan fingerprint density at radius 2 is 1.85 bits per heavy atom. The molecule has 0 radical (unpaired) electrons. The summed E-state index contributed by atoms with van der Waals surface area (Å²) in [5, 5.41) is 13.9. The molecule has 1 aromatic carbocycles. The molecule has 1 atom stereocenters. The van der Waals surface area contributed by atoms with Crippen LogP contribution in [-0.2, 0) is 12.8 Å². The SMILES string of the molecule is CC1(C)CCc2nc(N3CCC(N4CCCC(CO)C4)CC3)nc(Nc3ccc(Cl)cc3)c2C1. The van der Waals surface area contributed by atoms with E-state index in [1.165, 1.54) is 24.2 Å². The maximum atomic E-state index is 9.61. The van der Waals surface area contributed by atoms with Gasteiger partial charge in [0.2, 0.25) is 5.95 Å². The van der Waals surface area contributed by atoms with Gasteiger partial charge in [-0.25, -0.2) is 4.98 Å².